The highest BCUT2D eigenvalue weighted by molar-refractivity contribution is 7.75. The molecule has 8 heteroatoms. The number of hydrogen-bond donors (Lipinski definition) is 1. The van der Waals surface area contributed by atoms with E-state index >= 15 is 0 Å². The van der Waals surface area contributed by atoms with E-state index in [0.717, 1.165) is 55.2 Å². The molecule has 0 fully saturated rings. The molecule has 0 radical (unpaired) electrons. The summed E-state index contributed by atoms with van der Waals surface area (Å²) in [5.41, 5.74) is 3.73. The van der Waals surface area contributed by atoms with E-state index in [9.17, 15) is 9.00 Å². The molecule has 0 N–H and O–H groups in total. The van der Waals surface area contributed by atoms with Gasteiger partial charge in [-0.1, -0.05) is 50.6 Å². The summed E-state index contributed by atoms with van der Waals surface area (Å²) in [7, 11) is -0.229. The molecule has 2 aromatic carbocycles. The first-order chi connectivity index (χ1) is 19.2. The first kappa shape index (κ1) is 29.2. The van der Waals surface area contributed by atoms with Crippen molar-refractivity contribution in [2.24, 2.45) is 22.1 Å². The van der Waals surface area contributed by atoms with E-state index in [-0.39, 0.29) is 29.3 Å². The number of ether oxygens (including phenoxy) is 2. The van der Waals surface area contributed by atoms with Gasteiger partial charge in [0.1, 0.15) is 5.75 Å². The van der Waals surface area contributed by atoms with Crippen LogP contribution in [0.3, 0.4) is 0 Å². The SMILES string of the molecule is CO[C@H]1/C=C/C[C@H](C)C/[SH](=O)=N\C(=O)c2ccc3c(c2)N(C[C@H](C)[C@H]1C)C[C@@]1(CCCc2cc(Cl)ccc21)CO3. The largest absolute Gasteiger partial charge is 0.490 e. The predicted molar refractivity (Wildman–Crippen MR) is 163 cm³/mol. The number of amides is 1. The second-order valence-corrected chi connectivity index (χ2v) is 13.7. The van der Waals surface area contributed by atoms with Crippen LogP contribution in [0.5, 0.6) is 5.75 Å². The van der Waals surface area contributed by atoms with E-state index in [1.165, 1.54) is 11.1 Å². The number of benzene rings is 2. The molecule has 0 saturated carbocycles. The number of methoxy groups -OCH3 is 1. The Bertz CT molecular complexity index is 1370. The zero-order valence-corrected chi connectivity index (χ0v) is 25.6. The van der Waals surface area contributed by atoms with Crippen LogP contribution in [0.15, 0.2) is 52.9 Å². The Kier molecular flexibility index (Phi) is 8.93. The second-order valence-electron chi connectivity index (χ2n) is 12.0. The summed E-state index contributed by atoms with van der Waals surface area (Å²) in [5.74, 6) is 1.39. The van der Waals surface area contributed by atoms with Gasteiger partial charge in [-0.05, 0) is 84.9 Å². The van der Waals surface area contributed by atoms with Crippen LogP contribution < -0.4 is 9.64 Å². The number of anilines is 1. The van der Waals surface area contributed by atoms with Crippen LogP contribution in [0, 0.1) is 17.8 Å². The minimum absolute atomic E-state index is 0.0318. The van der Waals surface area contributed by atoms with Crippen molar-refractivity contribution >= 4 is 33.8 Å². The minimum Gasteiger partial charge on any atom is -0.490 e. The highest BCUT2D eigenvalue weighted by atomic mass is 35.5. The Balaban J connectivity index is 1.60. The van der Waals surface area contributed by atoms with Crippen molar-refractivity contribution in [1.29, 1.82) is 0 Å². The molecule has 2 aliphatic heterocycles. The third-order valence-electron chi connectivity index (χ3n) is 9.01. The number of fused-ring (bicyclic) bond motifs is 3. The van der Waals surface area contributed by atoms with Gasteiger partial charge in [0.05, 0.1) is 18.4 Å². The third-order valence-corrected chi connectivity index (χ3v) is 10.6. The van der Waals surface area contributed by atoms with Crippen LogP contribution in [0.2, 0.25) is 5.02 Å². The summed E-state index contributed by atoms with van der Waals surface area (Å²) in [6.07, 6.45) is 8.08. The van der Waals surface area contributed by atoms with E-state index in [2.05, 4.69) is 47.4 Å². The van der Waals surface area contributed by atoms with E-state index in [1.807, 2.05) is 25.1 Å². The number of halogens is 1. The van der Waals surface area contributed by atoms with Gasteiger partial charge in [0.2, 0.25) is 0 Å². The van der Waals surface area contributed by atoms with Crippen molar-refractivity contribution in [2.45, 2.75) is 58.0 Å². The fourth-order valence-corrected chi connectivity index (χ4v) is 7.82. The van der Waals surface area contributed by atoms with Crippen molar-refractivity contribution in [1.82, 2.24) is 0 Å². The number of allylic oxidation sites excluding steroid dienone is 1. The first-order valence-corrected chi connectivity index (χ1v) is 16.2. The summed E-state index contributed by atoms with van der Waals surface area (Å²) in [6, 6.07) is 11.8. The molecule has 216 valence electrons. The molecule has 2 bridgehead atoms. The Morgan fingerprint density at radius 2 is 2.00 bits per heavy atom. The van der Waals surface area contributed by atoms with Gasteiger partial charge in [-0.2, -0.15) is 4.36 Å². The normalized spacial score (nSPS) is 32.4. The zero-order valence-electron chi connectivity index (χ0n) is 23.9. The Hall–Kier alpha value is -2.35. The molecular formula is C32H41ClN2O4S. The van der Waals surface area contributed by atoms with Crippen LogP contribution >= 0.6 is 11.6 Å². The van der Waals surface area contributed by atoms with E-state index in [4.69, 9.17) is 21.1 Å². The predicted octanol–water partition coefficient (Wildman–Crippen LogP) is 6.50. The lowest BCUT2D eigenvalue weighted by Crippen LogP contribution is -2.47. The van der Waals surface area contributed by atoms with Gasteiger partial charge in [0.15, 0.2) is 0 Å². The molecule has 40 heavy (non-hydrogen) atoms. The maximum atomic E-state index is 13.1. The van der Waals surface area contributed by atoms with Crippen LogP contribution in [-0.4, -0.2) is 48.8 Å². The van der Waals surface area contributed by atoms with Crippen LogP contribution in [0.25, 0.3) is 0 Å². The molecule has 5 rings (SSSR count). The number of rotatable bonds is 1. The minimum atomic E-state index is -1.99. The van der Waals surface area contributed by atoms with Crippen molar-refractivity contribution in [3.63, 3.8) is 0 Å². The fourth-order valence-electron chi connectivity index (χ4n) is 6.54. The third kappa shape index (κ3) is 6.12. The van der Waals surface area contributed by atoms with Gasteiger partial charge in [-0.3, -0.25) is 9.00 Å². The van der Waals surface area contributed by atoms with Gasteiger partial charge >= 0.3 is 0 Å². The van der Waals surface area contributed by atoms with Crippen LogP contribution in [0.1, 0.15) is 61.5 Å². The Labute approximate surface area is 245 Å². The summed E-state index contributed by atoms with van der Waals surface area (Å²) < 4.78 is 29.3. The summed E-state index contributed by atoms with van der Waals surface area (Å²) in [4.78, 5) is 15.5. The summed E-state index contributed by atoms with van der Waals surface area (Å²) >= 11 is 6.40. The lowest BCUT2D eigenvalue weighted by molar-refractivity contribution is 0.0743. The van der Waals surface area contributed by atoms with E-state index < -0.39 is 16.5 Å². The molecule has 1 unspecified atom stereocenters. The van der Waals surface area contributed by atoms with Crippen LogP contribution in [0.4, 0.5) is 5.69 Å². The maximum absolute atomic E-state index is 13.1. The fraction of sp³-hybridized carbons (Fsp3) is 0.531. The molecule has 1 amide bonds. The molecule has 2 heterocycles. The average molecular weight is 585 g/mol. The van der Waals surface area contributed by atoms with Crippen LogP contribution in [-0.2, 0) is 27.2 Å². The van der Waals surface area contributed by atoms with E-state index in [0.29, 0.717) is 17.9 Å². The number of carbonyl (C=O) groups is 1. The molecule has 1 aliphatic carbocycles. The summed E-state index contributed by atoms with van der Waals surface area (Å²) in [5, 5.41) is 0.763. The first-order valence-electron chi connectivity index (χ1n) is 14.4. The molecule has 3 aliphatic rings. The molecule has 6 nitrogen and oxygen atoms in total. The van der Waals surface area contributed by atoms with Gasteiger partial charge in [-0.25, -0.2) is 0 Å². The molecule has 1 spiro atoms. The number of hydrogen-bond acceptors (Lipinski definition) is 5. The lowest BCUT2D eigenvalue weighted by Gasteiger charge is -2.42. The highest BCUT2D eigenvalue weighted by Gasteiger charge is 2.42. The number of thiol groups is 1. The van der Waals surface area contributed by atoms with Gasteiger partial charge in [0, 0.05) is 52.5 Å². The average Bonchev–Trinajstić information content (AvgIpc) is 3.07. The molecular weight excluding hydrogens is 544 g/mol. The Morgan fingerprint density at radius 1 is 1.18 bits per heavy atom. The van der Waals surface area contributed by atoms with Crippen molar-refractivity contribution in [3.8, 4) is 5.75 Å². The van der Waals surface area contributed by atoms with Gasteiger partial charge in [0.25, 0.3) is 5.91 Å². The van der Waals surface area contributed by atoms with E-state index in [1.54, 1.807) is 13.2 Å². The molecule has 6 atom stereocenters. The molecule has 0 aromatic heterocycles. The number of carbonyl (C=O) groups excluding carboxylic acids is 1. The molecule has 2 aromatic rings. The zero-order chi connectivity index (χ0) is 28.4. The summed E-state index contributed by atoms with van der Waals surface area (Å²) in [6.45, 7) is 8.65. The Morgan fingerprint density at radius 3 is 2.80 bits per heavy atom. The van der Waals surface area contributed by atoms with Crippen molar-refractivity contribution in [2.75, 3.05) is 37.5 Å². The van der Waals surface area contributed by atoms with Gasteiger partial charge in [-0.15, -0.1) is 0 Å². The highest BCUT2D eigenvalue weighted by Crippen LogP contribution is 2.45. The number of nitrogens with zero attached hydrogens (tertiary/aromatic N) is 2. The quantitative estimate of drug-likeness (QED) is 0.306. The standard InChI is InChI=1S/C32H41ClN2O4S/c1-21-7-5-9-29(38-4)23(3)22(2)17-35-19-32(14-6-8-24-15-26(33)11-12-27(24)32)20-39-30-13-10-25(16-28(30)35)31(36)34-40(37)18-21/h5,9-13,15-16,21-23,29,40H,6-8,14,17-20H2,1-4H3/b9-5+/t21-,22-,23+,29-,32-/m0/s1. The smallest absolute Gasteiger partial charge is 0.284 e. The lowest BCUT2D eigenvalue weighted by atomic mass is 9.70. The topological polar surface area (TPSA) is 68.2 Å². The van der Waals surface area contributed by atoms with Gasteiger partial charge < -0.3 is 14.4 Å². The second kappa shape index (κ2) is 12.3. The van der Waals surface area contributed by atoms with Crippen molar-refractivity contribution < 1.29 is 18.5 Å². The molecule has 0 saturated heterocycles. The maximum Gasteiger partial charge on any atom is 0.284 e. The number of aryl methyl sites for hydroxylation is 1. The van der Waals surface area contributed by atoms with Crippen molar-refractivity contribution in [3.05, 3.63) is 70.3 Å². The monoisotopic (exact) mass is 584 g/mol.